The average Bonchev–Trinajstić information content (AvgIpc) is 3.25. The third-order valence-corrected chi connectivity index (χ3v) is 4.24. The number of aromatic nitrogens is 2. The van der Waals surface area contributed by atoms with Crippen molar-refractivity contribution in [3.05, 3.63) is 40.8 Å². The summed E-state index contributed by atoms with van der Waals surface area (Å²) in [4.78, 5) is 16.1. The van der Waals surface area contributed by atoms with E-state index in [1.165, 1.54) is 12.1 Å². The second-order valence-electron chi connectivity index (χ2n) is 6.09. The summed E-state index contributed by atoms with van der Waals surface area (Å²) in [5.41, 5.74) is 3.96. The van der Waals surface area contributed by atoms with Crippen molar-refractivity contribution in [2.24, 2.45) is 4.99 Å². The summed E-state index contributed by atoms with van der Waals surface area (Å²) in [6.45, 7) is 1.99. The minimum atomic E-state index is -0.329. The van der Waals surface area contributed by atoms with Gasteiger partial charge in [0.05, 0.1) is 12.6 Å². The van der Waals surface area contributed by atoms with Crippen molar-refractivity contribution in [3.63, 3.8) is 0 Å². The van der Waals surface area contributed by atoms with Gasteiger partial charge in [0, 0.05) is 6.42 Å². The number of aliphatic imine (C=N–C) groups is 1. The van der Waals surface area contributed by atoms with Gasteiger partial charge < -0.3 is 5.32 Å². The molecular weight excluding hydrogens is 341 g/mol. The fourth-order valence-corrected chi connectivity index (χ4v) is 2.99. The SMILES string of the molecule is CCCC(=O)CNc1nonc1C(=NC1CCc2ccc(F)cc21)NO. The summed E-state index contributed by atoms with van der Waals surface area (Å²) in [5, 5.41) is 19.8. The number of carbonyl (C=O) groups is 1. The first kappa shape index (κ1) is 18.0. The summed E-state index contributed by atoms with van der Waals surface area (Å²) in [6, 6.07) is 4.31. The molecule has 1 unspecified atom stereocenters. The maximum absolute atomic E-state index is 13.5. The molecule has 2 aromatic rings. The average molecular weight is 361 g/mol. The minimum absolute atomic E-state index is 0.0251. The maximum Gasteiger partial charge on any atom is 0.202 e. The Labute approximate surface area is 149 Å². The van der Waals surface area contributed by atoms with Crippen molar-refractivity contribution in [1.82, 2.24) is 15.8 Å². The third kappa shape index (κ3) is 3.88. The predicted molar refractivity (Wildman–Crippen MR) is 91.6 cm³/mol. The highest BCUT2D eigenvalue weighted by Crippen LogP contribution is 2.35. The normalized spacial score (nSPS) is 16.4. The van der Waals surface area contributed by atoms with Crippen molar-refractivity contribution < 1.29 is 19.0 Å². The van der Waals surface area contributed by atoms with Crippen molar-refractivity contribution in [3.8, 4) is 0 Å². The Balaban J connectivity index is 1.80. The van der Waals surface area contributed by atoms with Gasteiger partial charge >= 0.3 is 0 Å². The van der Waals surface area contributed by atoms with Crippen LogP contribution in [0.4, 0.5) is 10.2 Å². The monoisotopic (exact) mass is 361 g/mol. The number of fused-ring (bicyclic) bond motifs is 1. The van der Waals surface area contributed by atoms with Gasteiger partial charge in [0.2, 0.25) is 5.82 Å². The van der Waals surface area contributed by atoms with E-state index in [-0.39, 0.29) is 41.5 Å². The zero-order valence-corrected chi connectivity index (χ0v) is 14.3. The van der Waals surface area contributed by atoms with Crippen LogP contribution in [0.15, 0.2) is 27.8 Å². The number of Topliss-reactive ketones (excluding diaryl/α,β-unsaturated/α-hetero) is 1. The van der Waals surface area contributed by atoms with Gasteiger partial charge in [0.15, 0.2) is 17.3 Å². The number of hydroxylamine groups is 1. The molecule has 3 N–H and O–H groups in total. The van der Waals surface area contributed by atoms with Crippen molar-refractivity contribution in [1.29, 1.82) is 0 Å². The number of hydrogen-bond donors (Lipinski definition) is 3. The molecule has 0 fully saturated rings. The molecule has 0 aliphatic heterocycles. The van der Waals surface area contributed by atoms with Crippen LogP contribution in [0, 0.1) is 5.82 Å². The standard InChI is InChI=1S/C17H20FN5O3/c1-2-3-12(24)9-19-16-15(22-26-23-16)17(21-25)20-14-7-5-10-4-6-11(18)8-13(10)14/h4,6,8,14,25H,2-3,5,7,9H2,1H3,(H,19,23)(H,20,21). The van der Waals surface area contributed by atoms with Gasteiger partial charge in [-0.2, -0.15) is 0 Å². The highest BCUT2D eigenvalue weighted by molar-refractivity contribution is 6.00. The molecular formula is C17H20FN5O3. The molecule has 1 aromatic heterocycles. The molecule has 1 atom stereocenters. The second-order valence-corrected chi connectivity index (χ2v) is 6.09. The molecule has 9 heteroatoms. The van der Waals surface area contributed by atoms with Crippen LogP contribution < -0.4 is 10.8 Å². The number of hydrogen-bond acceptors (Lipinski definition) is 7. The van der Waals surface area contributed by atoms with Gasteiger partial charge in [0.1, 0.15) is 5.82 Å². The van der Waals surface area contributed by atoms with Gasteiger partial charge in [-0.25, -0.2) is 9.02 Å². The Morgan fingerprint density at radius 2 is 2.31 bits per heavy atom. The lowest BCUT2D eigenvalue weighted by atomic mass is 10.1. The van der Waals surface area contributed by atoms with E-state index in [0.717, 1.165) is 24.0 Å². The number of rotatable bonds is 7. The number of carbonyl (C=O) groups excluding carboxylic acids is 1. The van der Waals surface area contributed by atoms with Crippen molar-refractivity contribution >= 4 is 17.4 Å². The van der Waals surface area contributed by atoms with Crippen LogP contribution in [0.25, 0.3) is 0 Å². The van der Waals surface area contributed by atoms with E-state index >= 15 is 0 Å². The Morgan fingerprint density at radius 3 is 3.08 bits per heavy atom. The third-order valence-electron chi connectivity index (χ3n) is 4.24. The summed E-state index contributed by atoms with van der Waals surface area (Å²) >= 11 is 0. The van der Waals surface area contributed by atoms with Crippen LogP contribution in [0.2, 0.25) is 0 Å². The van der Waals surface area contributed by atoms with Crippen LogP contribution in [-0.2, 0) is 11.2 Å². The predicted octanol–water partition coefficient (Wildman–Crippen LogP) is 2.40. The van der Waals surface area contributed by atoms with Crippen LogP contribution in [-0.4, -0.2) is 33.7 Å². The minimum Gasteiger partial charge on any atom is -0.358 e. The van der Waals surface area contributed by atoms with E-state index in [1.54, 1.807) is 6.07 Å². The van der Waals surface area contributed by atoms with Crippen LogP contribution >= 0.6 is 0 Å². The zero-order chi connectivity index (χ0) is 18.5. The van der Waals surface area contributed by atoms with E-state index in [4.69, 9.17) is 4.63 Å². The molecule has 1 aliphatic carbocycles. The largest absolute Gasteiger partial charge is 0.358 e. The molecule has 1 heterocycles. The Kier molecular flexibility index (Phi) is 5.57. The Bertz CT molecular complexity index is 820. The molecule has 1 aromatic carbocycles. The van der Waals surface area contributed by atoms with Gasteiger partial charge in [0.25, 0.3) is 0 Å². The number of aryl methyl sites for hydroxylation is 1. The number of anilines is 1. The first-order valence-corrected chi connectivity index (χ1v) is 8.47. The van der Waals surface area contributed by atoms with Gasteiger partial charge in [-0.3, -0.25) is 20.5 Å². The number of amidine groups is 1. The maximum atomic E-state index is 13.5. The van der Waals surface area contributed by atoms with E-state index in [9.17, 15) is 14.4 Å². The number of ketones is 1. The van der Waals surface area contributed by atoms with Gasteiger partial charge in [-0.15, -0.1) is 0 Å². The molecule has 0 saturated heterocycles. The molecule has 3 rings (SSSR count). The van der Waals surface area contributed by atoms with E-state index in [1.807, 2.05) is 12.4 Å². The lowest BCUT2D eigenvalue weighted by Crippen LogP contribution is -2.24. The highest BCUT2D eigenvalue weighted by atomic mass is 19.1. The number of nitrogens with zero attached hydrogens (tertiary/aromatic N) is 3. The quantitative estimate of drug-likeness (QED) is 0.394. The first-order chi connectivity index (χ1) is 12.6. The molecule has 26 heavy (non-hydrogen) atoms. The molecule has 0 spiro atoms. The highest BCUT2D eigenvalue weighted by Gasteiger charge is 2.25. The fraction of sp³-hybridized carbons (Fsp3) is 0.412. The molecule has 8 nitrogen and oxygen atoms in total. The second kappa shape index (κ2) is 8.05. The zero-order valence-electron chi connectivity index (χ0n) is 14.3. The van der Waals surface area contributed by atoms with Crippen LogP contribution in [0.1, 0.15) is 49.0 Å². The van der Waals surface area contributed by atoms with Crippen LogP contribution in [0.3, 0.4) is 0 Å². The summed E-state index contributed by atoms with van der Waals surface area (Å²) in [5.74, 6) is -0.0626. The summed E-state index contributed by atoms with van der Waals surface area (Å²) in [6.07, 6.45) is 2.67. The fourth-order valence-electron chi connectivity index (χ4n) is 2.99. The summed E-state index contributed by atoms with van der Waals surface area (Å²) < 4.78 is 18.2. The first-order valence-electron chi connectivity index (χ1n) is 8.47. The van der Waals surface area contributed by atoms with Crippen molar-refractivity contribution in [2.75, 3.05) is 11.9 Å². The summed E-state index contributed by atoms with van der Waals surface area (Å²) in [7, 11) is 0. The molecule has 0 bridgehead atoms. The van der Waals surface area contributed by atoms with E-state index < -0.39 is 0 Å². The number of benzene rings is 1. The van der Waals surface area contributed by atoms with E-state index in [0.29, 0.717) is 12.8 Å². The molecule has 0 saturated carbocycles. The van der Waals surface area contributed by atoms with Gasteiger partial charge in [-0.05, 0) is 52.8 Å². The topological polar surface area (TPSA) is 113 Å². The molecule has 138 valence electrons. The number of nitrogens with one attached hydrogen (secondary N) is 2. The molecule has 0 amide bonds. The van der Waals surface area contributed by atoms with Crippen molar-refractivity contribution in [2.45, 2.75) is 38.6 Å². The lowest BCUT2D eigenvalue weighted by Gasteiger charge is -2.10. The number of halogens is 1. The lowest BCUT2D eigenvalue weighted by molar-refractivity contribution is -0.117. The molecule has 0 radical (unpaired) electrons. The smallest absolute Gasteiger partial charge is 0.202 e. The van der Waals surface area contributed by atoms with E-state index in [2.05, 4.69) is 20.6 Å². The Hall–Kier alpha value is -2.81. The van der Waals surface area contributed by atoms with Crippen LogP contribution in [0.5, 0.6) is 0 Å². The molecule has 1 aliphatic rings. The Morgan fingerprint density at radius 1 is 1.46 bits per heavy atom. The van der Waals surface area contributed by atoms with Gasteiger partial charge in [-0.1, -0.05) is 13.0 Å².